The summed E-state index contributed by atoms with van der Waals surface area (Å²) in [5.41, 5.74) is 13.9. The van der Waals surface area contributed by atoms with E-state index in [-0.39, 0.29) is 11.7 Å². The zero-order valence-corrected chi connectivity index (χ0v) is 23.6. The first kappa shape index (κ1) is 28.3. The molecule has 0 aliphatic carbocycles. The number of aromatic nitrogens is 2. The Morgan fingerprint density at radius 1 is 0.953 bits per heavy atom. The number of carbonyl (C=O) groups is 1. The van der Waals surface area contributed by atoms with Crippen LogP contribution in [0.5, 0.6) is 5.75 Å². The van der Waals surface area contributed by atoms with Crippen molar-refractivity contribution in [1.82, 2.24) is 9.61 Å². The van der Waals surface area contributed by atoms with Crippen LogP contribution in [0.1, 0.15) is 51.5 Å². The average Bonchev–Trinajstić information content (AvgIpc) is 3.34. The smallest absolute Gasteiger partial charge is 0.406 e. The van der Waals surface area contributed by atoms with Gasteiger partial charge in [0.1, 0.15) is 5.75 Å². The number of halogens is 3. The van der Waals surface area contributed by atoms with Crippen molar-refractivity contribution in [3.63, 3.8) is 0 Å². The number of piperidine rings is 1. The van der Waals surface area contributed by atoms with Crippen molar-refractivity contribution in [2.75, 3.05) is 18.0 Å². The van der Waals surface area contributed by atoms with Gasteiger partial charge in [-0.25, -0.2) is 4.52 Å². The maximum Gasteiger partial charge on any atom is 0.573 e. The Bertz CT molecular complexity index is 1740. The molecule has 0 radical (unpaired) electrons. The van der Waals surface area contributed by atoms with Crippen LogP contribution in [0.25, 0.3) is 16.6 Å². The van der Waals surface area contributed by atoms with E-state index in [1.54, 1.807) is 23.6 Å². The van der Waals surface area contributed by atoms with Crippen molar-refractivity contribution in [2.45, 2.75) is 38.5 Å². The Balaban J connectivity index is 1.20. The largest absolute Gasteiger partial charge is 0.573 e. The number of ether oxygens (including phenoxy) is 1. The number of fused-ring (bicyclic) bond motifs is 1. The number of anilines is 1. The van der Waals surface area contributed by atoms with Gasteiger partial charge < -0.3 is 15.4 Å². The molecular formula is C34H31F3N4O2. The van der Waals surface area contributed by atoms with Gasteiger partial charge in [0, 0.05) is 31.4 Å². The molecule has 0 saturated carbocycles. The molecule has 1 fully saturated rings. The number of hydrogen-bond donors (Lipinski definition) is 1. The van der Waals surface area contributed by atoms with Gasteiger partial charge in [-0.2, -0.15) is 5.10 Å². The number of pyridine rings is 1. The number of nitrogens with zero attached hydrogens (tertiary/aromatic N) is 3. The van der Waals surface area contributed by atoms with E-state index in [0.29, 0.717) is 17.7 Å². The van der Waals surface area contributed by atoms with Crippen LogP contribution in [0.2, 0.25) is 0 Å². The molecule has 220 valence electrons. The Hall–Kier alpha value is -4.79. The molecule has 5 aromatic rings. The van der Waals surface area contributed by atoms with E-state index in [0.717, 1.165) is 65.0 Å². The molecule has 9 heteroatoms. The summed E-state index contributed by atoms with van der Waals surface area (Å²) in [7, 11) is 0. The summed E-state index contributed by atoms with van der Waals surface area (Å²) in [6.07, 6.45) is -0.417. The van der Waals surface area contributed by atoms with Crippen LogP contribution < -0.4 is 15.4 Å². The number of primary amides is 1. The highest BCUT2D eigenvalue weighted by atomic mass is 19.4. The van der Waals surface area contributed by atoms with Crippen molar-refractivity contribution in [1.29, 1.82) is 0 Å². The predicted octanol–water partition coefficient (Wildman–Crippen LogP) is 7.28. The van der Waals surface area contributed by atoms with Crippen LogP contribution in [0.4, 0.5) is 18.9 Å². The molecule has 43 heavy (non-hydrogen) atoms. The molecule has 2 aromatic heterocycles. The van der Waals surface area contributed by atoms with Crippen molar-refractivity contribution >= 4 is 17.1 Å². The Labute approximate surface area is 247 Å². The SMILES string of the molecule is Cc1nn2ccc(-c3ccccc3)c(Cc3ccc(N4CCC(c5ccc(OC(F)(F)F)cc5)CC4)cc3)c2c1C(N)=O. The molecule has 6 nitrogen and oxygen atoms in total. The first-order valence-electron chi connectivity index (χ1n) is 14.2. The van der Waals surface area contributed by atoms with Crippen LogP contribution in [-0.2, 0) is 6.42 Å². The molecule has 0 spiro atoms. The van der Waals surface area contributed by atoms with Crippen LogP contribution >= 0.6 is 0 Å². The second kappa shape index (κ2) is 11.5. The zero-order valence-electron chi connectivity index (χ0n) is 23.6. The summed E-state index contributed by atoms with van der Waals surface area (Å²) >= 11 is 0. The van der Waals surface area contributed by atoms with Crippen molar-refractivity contribution in [3.05, 3.63) is 119 Å². The van der Waals surface area contributed by atoms with Gasteiger partial charge in [0.2, 0.25) is 0 Å². The monoisotopic (exact) mass is 584 g/mol. The van der Waals surface area contributed by atoms with E-state index < -0.39 is 12.3 Å². The first-order valence-corrected chi connectivity index (χ1v) is 14.2. The van der Waals surface area contributed by atoms with Gasteiger partial charge in [0.05, 0.1) is 16.8 Å². The second-order valence-corrected chi connectivity index (χ2v) is 10.9. The summed E-state index contributed by atoms with van der Waals surface area (Å²) < 4.78 is 43.2. The topological polar surface area (TPSA) is 72.9 Å². The lowest BCUT2D eigenvalue weighted by Crippen LogP contribution is -2.32. The Morgan fingerprint density at radius 2 is 1.63 bits per heavy atom. The maximum absolute atomic E-state index is 12.5. The van der Waals surface area contributed by atoms with Crippen LogP contribution in [0.15, 0.2) is 91.1 Å². The number of benzene rings is 3. The number of aryl methyl sites for hydroxylation is 1. The minimum atomic E-state index is -4.69. The number of carbonyl (C=O) groups excluding carboxylic acids is 1. The number of hydrogen-bond acceptors (Lipinski definition) is 4. The Morgan fingerprint density at radius 3 is 2.26 bits per heavy atom. The lowest BCUT2D eigenvalue weighted by molar-refractivity contribution is -0.274. The normalized spacial score (nSPS) is 14.3. The number of alkyl halides is 3. The summed E-state index contributed by atoms with van der Waals surface area (Å²) in [5, 5.41) is 4.55. The standard InChI is InChI=1S/C34H31F3N4O2/c1-22-31(33(38)42)32-30(29(17-20-41(32)39-22)26-5-3-2-4-6-26)21-23-7-11-27(12-8-23)40-18-15-25(16-19-40)24-9-13-28(14-10-24)43-34(35,36)37/h2-14,17,20,25H,15-16,18-19,21H2,1H3,(H2,38,42). The molecule has 0 bridgehead atoms. The van der Waals surface area contributed by atoms with Gasteiger partial charge >= 0.3 is 6.36 Å². The van der Waals surface area contributed by atoms with E-state index in [1.165, 1.54) is 12.1 Å². The summed E-state index contributed by atoms with van der Waals surface area (Å²) in [4.78, 5) is 14.8. The molecule has 0 unspecified atom stereocenters. The van der Waals surface area contributed by atoms with E-state index in [2.05, 4.69) is 51.1 Å². The fourth-order valence-corrected chi connectivity index (χ4v) is 6.12. The van der Waals surface area contributed by atoms with Gasteiger partial charge in [-0.15, -0.1) is 13.2 Å². The second-order valence-electron chi connectivity index (χ2n) is 10.9. The molecule has 1 aliphatic rings. The fourth-order valence-electron chi connectivity index (χ4n) is 6.12. The minimum absolute atomic E-state index is 0.199. The van der Waals surface area contributed by atoms with E-state index in [1.807, 2.05) is 30.5 Å². The third-order valence-electron chi connectivity index (χ3n) is 8.17. The lowest BCUT2D eigenvalue weighted by atomic mass is 9.89. The summed E-state index contributed by atoms with van der Waals surface area (Å²) in [6, 6.07) is 26.8. The highest BCUT2D eigenvalue weighted by Crippen LogP contribution is 2.34. The maximum atomic E-state index is 12.5. The Kier molecular flexibility index (Phi) is 7.56. The van der Waals surface area contributed by atoms with Crippen molar-refractivity contribution in [3.8, 4) is 16.9 Å². The van der Waals surface area contributed by atoms with Gasteiger partial charge in [-0.05, 0) is 83.8 Å². The molecule has 0 atom stereocenters. The van der Waals surface area contributed by atoms with Gasteiger partial charge in [-0.1, -0.05) is 54.6 Å². The van der Waals surface area contributed by atoms with E-state index in [4.69, 9.17) is 5.73 Å². The molecule has 6 rings (SSSR count). The molecule has 1 aliphatic heterocycles. The van der Waals surface area contributed by atoms with E-state index >= 15 is 0 Å². The number of rotatable bonds is 7. The molecule has 3 heterocycles. The fraction of sp³-hybridized carbons (Fsp3) is 0.235. The van der Waals surface area contributed by atoms with Crippen molar-refractivity contribution in [2.24, 2.45) is 5.73 Å². The molecular weight excluding hydrogens is 553 g/mol. The molecule has 1 saturated heterocycles. The van der Waals surface area contributed by atoms with Crippen LogP contribution in [-0.4, -0.2) is 35.0 Å². The highest BCUT2D eigenvalue weighted by Gasteiger charge is 2.31. The average molecular weight is 585 g/mol. The zero-order chi connectivity index (χ0) is 30.1. The third kappa shape index (κ3) is 6.07. The van der Waals surface area contributed by atoms with E-state index in [9.17, 15) is 18.0 Å². The third-order valence-corrected chi connectivity index (χ3v) is 8.17. The van der Waals surface area contributed by atoms with Crippen molar-refractivity contribution < 1.29 is 22.7 Å². The van der Waals surface area contributed by atoms with Gasteiger partial charge in [0.25, 0.3) is 5.91 Å². The molecule has 3 aromatic carbocycles. The van der Waals surface area contributed by atoms with Gasteiger partial charge in [0.15, 0.2) is 0 Å². The van der Waals surface area contributed by atoms with Gasteiger partial charge in [-0.3, -0.25) is 4.79 Å². The molecule has 1 amide bonds. The summed E-state index contributed by atoms with van der Waals surface area (Å²) in [5.74, 6) is -0.413. The lowest BCUT2D eigenvalue weighted by Gasteiger charge is -2.34. The predicted molar refractivity (Wildman–Crippen MR) is 160 cm³/mol. The number of amides is 1. The first-order chi connectivity index (χ1) is 20.7. The summed E-state index contributed by atoms with van der Waals surface area (Å²) in [6.45, 7) is 3.49. The quantitative estimate of drug-likeness (QED) is 0.218. The van der Waals surface area contributed by atoms with Crippen LogP contribution in [0.3, 0.4) is 0 Å². The number of nitrogens with two attached hydrogens (primary N) is 1. The molecule has 2 N–H and O–H groups in total. The van der Waals surface area contributed by atoms with Crippen LogP contribution in [0, 0.1) is 6.92 Å². The minimum Gasteiger partial charge on any atom is -0.406 e. The highest BCUT2D eigenvalue weighted by molar-refractivity contribution is 6.02.